The zero-order chi connectivity index (χ0) is 23.3. The number of aryl methyl sites for hydroxylation is 1. The first kappa shape index (κ1) is 23.5. The van der Waals surface area contributed by atoms with Gasteiger partial charge in [0.1, 0.15) is 5.82 Å². The van der Waals surface area contributed by atoms with Crippen molar-refractivity contribution in [2.45, 2.75) is 26.2 Å². The zero-order valence-electron chi connectivity index (χ0n) is 18.4. The highest BCUT2D eigenvalue weighted by atomic mass is 19.4. The van der Waals surface area contributed by atoms with Gasteiger partial charge in [0.15, 0.2) is 0 Å². The fourth-order valence-electron chi connectivity index (χ4n) is 3.30. The molecule has 1 aromatic heterocycles. The predicted octanol–water partition coefficient (Wildman–Crippen LogP) is 4.46. The number of aromatic nitrogens is 2. The molecule has 0 aliphatic rings. The van der Waals surface area contributed by atoms with Gasteiger partial charge < -0.3 is 14.4 Å². The second-order valence-corrected chi connectivity index (χ2v) is 8.07. The van der Waals surface area contributed by atoms with Gasteiger partial charge in [0.05, 0.1) is 12.1 Å². The van der Waals surface area contributed by atoms with Gasteiger partial charge in [0, 0.05) is 37.6 Å². The van der Waals surface area contributed by atoms with Gasteiger partial charge in [-0.15, -0.1) is 0 Å². The average Bonchev–Trinajstić information content (AvgIpc) is 3.17. The third kappa shape index (κ3) is 6.20. The lowest BCUT2D eigenvalue weighted by molar-refractivity contribution is -0.137. The highest BCUT2D eigenvalue weighted by Gasteiger charge is 2.30. The lowest BCUT2D eigenvalue weighted by atomic mass is 10.1. The smallest absolute Gasteiger partial charge is 0.330 e. The Bertz CT molecular complexity index is 1040. The van der Waals surface area contributed by atoms with E-state index in [1.165, 1.54) is 6.07 Å². The maximum absolute atomic E-state index is 13.2. The molecule has 3 aromatic rings. The largest absolute Gasteiger partial charge is 0.416 e. The molecule has 0 aliphatic heterocycles. The molecule has 0 saturated carbocycles. The van der Waals surface area contributed by atoms with E-state index in [1.807, 2.05) is 38.1 Å². The lowest BCUT2D eigenvalue weighted by Gasteiger charge is -2.25. The van der Waals surface area contributed by atoms with Crippen LogP contribution in [0, 0.1) is 6.92 Å². The van der Waals surface area contributed by atoms with Crippen molar-refractivity contribution in [2.24, 2.45) is 0 Å². The number of hydrogen-bond acceptors (Lipinski definition) is 3. The summed E-state index contributed by atoms with van der Waals surface area (Å²) in [5, 5.41) is 0. The topological polar surface area (TPSA) is 41.4 Å². The van der Waals surface area contributed by atoms with Crippen LogP contribution in [0.2, 0.25) is 0 Å². The van der Waals surface area contributed by atoms with Crippen LogP contribution in [0.25, 0.3) is 0 Å². The van der Waals surface area contributed by atoms with Crippen LogP contribution in [0.5, 0.6) is 0 Å². The molecule has 3 rings (SSSR count). The van der Waals surface area contributed by atoms with Crippen molar-refractivity contribution in [3.05, 3.63) is 89.0 Å². The van der Waals surface area contributed by atoms with E-state index in [0.717, 1.165) is 17.7 Å². The van der Waals surface area contributed by atoms with Crippen LogP contribution >= 0.6 is 0 Å². The van der Waals surface area contributed by atoms with Crippen molar-refractivity contribution in [3.63, 3.8) is 0 Å². The molecule has 0 aliphatic carbocycles. The summed E-state index contributed by atoms with van der Waals surface area (Å²) in [6.45, 7) is 3.62. The zero-order valence-corrected chi connectivity index (χ0v) is 18.4. The molecule has 170 valence electrons. The van der Waals surface area contributed by atoms with E-state index < -0.39 is 11.7 Å². The predicted molar refractivity (Wildman–Crippen MR) is 117 cm³/mol. The van der Waals surface area contributed by atoms with Crippen molar-refractivity contribution >= 4 is 5.91 Å². The van der Waals surface area contributed by atoms with Crippen LogP contribution in [0.15, 0.2) is 60.9 Å². The van der Waals surface area contributed by atoms with Crippen LogP contribution in [0.3, 0.4) is 0 Å². The summed E-state index contributed by atoms with van der Waals surface area (Å²) in [6.07, 6.45) is -1.07. The maximum atomic E-state index is 13.2. The molecule has 0 N–H and O–H groups in total. The van der Waals surface area contributed by atoms with E-state index in [2.05, 4.69) is 4.98 Å². The molecular formula is C24H27F3N4O. The van der Waals surface area contributed by atoms with Gasteiger partial charge in [-0.1, -0.05) is 29.8 Å². The molecule has 0 atom stereocenters. The molecule has 0 saturated heterocycles. The van der Waals surface area contributed by atoms with Gasteiger partial charge in [-0.25, -0.2) is 4.98 Å². The van der Waals surface area contributed by atoms with Crippen LogP contribution < -0.4 is 0 Å². The summed E-state index contributed by atoms with van der Waals surface area (Å²) in [6, 6.07) is 12.6. The van der Waals surface area contributed by atoms with Crippen LogP contribution in [0.4, 0.5) is 13.2 Å². The minimum absolute atomic E-state index is 0.111. The Morgan fingerprint density at radius 3 is 2.44 bits per heavy atom. The number of nitrogens with zero attached hydrogens (tertiary/aromatic N) is 4. The molecule has 5 nitrogen and oxygen atoms in total. The Balaban J connectivity index is 1.81. The Labute approximate surface area is 186 Å². The Morgan fingerprint density at radius 2 is 1.78 bits per heavy atom. The number of carbonyl (C=O) groups is 1. The Kier molecular flexibility index (Phi) is 7.35. The second kappa shape index (κ2) is 9.99. The quantitative estimate of drug-likeness (QED) is 0.515. The van der Waals surface area contributed by atoms with Gasteiger partial charge in [0.2, 0.25) is 0 Å². The Hall–Kier alpha value is -3.13. The van der Waals surface area contributed by atoms with Crippen molar-refractivity contribution in [1.82, 2.24) is 19.4 Å². The minimum Gasteiger partial charge on any atom is -0.330 e. The molecular weight excluding hydrogens is 417 g/mol. The fraction of sp³-hybridized carbons (Fsp3) is 0.333. The number of alkyl halides is 3. The van der Waals surface area contributed by atoms with Crippen LogP contribution in [-0.4, -0.2) is 52.4 Å². The number of imidazole rings is 1. The molecule has 0 unspecified atom stereocenters. The summed E-state index contributed by atoms with van der Waals surface area (Å²) in [5.41, 5.74) is 1.49. The highest BCUT2D eigenvalue weighted by molar-refractivity contribution is 5.94. The third-order valence-electron chi connectivity index (χ3n) is 5.14. The average molecular weight is 445 g/mol. The molecule has 1 amide bonds. The highest BCUT2D eigenvalue weighted by Crippen LogP contribution is 2.29. The lowest BCUT2D eigenvalue weighted by Crippen LogP contribution is -2.37. The van der Waals surface area contributed by atoms with Crippen molar-refractivity contribution in [2.75, 3.05) is 27.2 Å². The third-order valence-corrected chi connectivity index (χ3v) is 5.14. The summed E-state index contributed by atoms with van der Waals surface area (Å²) in [4.78, 5) is 21.2. The van der Waals surface area contributed by atoms with Gasteiger partial charge in [0.25, 0.3) is 5.91 Å². The molecule has 0 bridgehead atoms. The number of halogens is 3. The molecule has 2 aromatic carbocycles. The van der Waals surface area contributed by atoms with Gasteiger partial charge in [-0.3, -0.25) is 4.79 Å². The normalized spacial score (nSPS) is 11.7. The standard InChI is InChI=1S/C24H27F3N4O/c1-18-7-9-20(10-8-18)23(32)31(14-13-29(2)3)17-22-28-11-12-30(22)16-19-5-4-6-21(15-19)24(25,26)27/h4-12,15H,13-14,16-17H2,1-3H3. The monoisotopic (exact) mass is 444 g/mol. The maximum Gasteiger partial charge on any atom is 0.416 e. The van der Waals surface area contributed by atoms with Crippen LogP contribution in [0.1, 0.15) is 32.9 Å². The van der Waals surface area contributed by atoms with E-state index in [-0.39, 0.29) is 19.0 Å². The number of benzene rings is 2. The molecule has 1 heterocycles. The van der Waals surface area contributed by atoms with E-state index in [1.54, 1.807) is 40.1 Å². The Morgan fingerprint density at radius 1 is 1.06 bits per heavy atom. The van der Waals surface area contributed by atoms with Crippen molar-refractivity contribution in [1.29, 1.82) is 0 Å². The number of carbonyl (C=O) groups excluding carboxylic acids is 1. The fourth-order valence-corrected chi connectivity index (χ4v) is 3.30. The number of hydrogen-bond donors (Lipinski definition) is 0. The van der Waals surface area contributed by atoms with E-state index >= 15 is 0 Å². The number of amides is 1. The summed E-state index contributed by atoms with van der Waals surface area (Å²) >= 11 is 0. The first-order chi connectivity index (χ1) is 15.1. The molecule has 0 radical (unpaired) electrons. The molecule has 0 spiro atoms. The van der Waals surface area contributed by atoms with Crippen molar-refractivity contribution < 1.29 is 18.0 Å². The second-order valence-electron chi connectivity index (χ2n) is 8.07. The van der Waals surface area contributed by atoms with Crippen molar-refractivity contribution in [3.8, 4) is 0 Å². The van der Waals surface area contributed by atoms with Gasteiger partial charge in [-0.2, -0.15) is 13.2 Å². The van der Waals surface area contributed by atoms with E-state index in [0.29, 0.717) is 30.0 Å². The number of likely N-dealkylation sites (N-methyl/N-ethyl adjacent to an activating group) is 1. The van der Waals surface area contributed by atoms with Gasteiger partial charge >= 0.3 is 6.18 Å². The first-order valence-electron chi connectivity index (χ1n) is 10.3. The summed E-state index contributed by atoms with van der Waals surface area (Å²) in [5.74, 6) is 0.502. The molecule has 8 heteroatoms. The van der Waals surface area contributed by atoms with Gasteiger partial charge in [-0.05, 0) is 50.8 Å². The number of rotatable bonds is 8. The summed E-state index contributed by atoms with van der Waals surface area (Å²) < 4.78 is 40.9. The molecule has 32 heavy (non-hydrogen) atoms. The SMILES string of the molecule is Cc1ccc(C(=O)N(CCN(C)C)Cc2nccn2Cc2cccc(C(F)(F)F)c2)cc1. The summed E-state index contributed by atoms with van der Waals surface area (Å²) in [7, 11) is 3.87. The van der Waals surface area contributed by atoms with Crippen LogP contribution in [-0.2, 0) is 19.3 Å². The first-order valence-corrected chi connectivity index (χ1v) is 10.3. The van der Waals surface area contributed by atoms with E-state index in [4.69, 9.17) is 0 Å². The van der Waals surface area contributed by atoms with E-state index in [9.17, 15) is 18.0 Å². The molecule has 0 fully saturated rings. The minimum atomic E-state index is -4.39.